The van der Waals surface area contributed by atoms with Crippen molar-refractivity contribution in [2.75, 3.05) is 0 Å². The van der Waals surface area contributed by atoms with Gasteiger partial charge in [0.2, 0.25) is 0 Å². The van der Waals surface area contributed by atoms with Gasteiger partial charge in [-0.15, -0.1) is 0 Å². The molecule has 1 N–H and O–H groups in total. The van der Waals surface area contributed by atoms with Gasteiger partial charge in [0.15, 0.2) is 0 Å². The van der Waals surface area contributed by atoms with E-state index in [1.165, 1.54) is 6.07 Å². The Balaban J connectivity index is 3.44. The number of aromatic hydroxyl groups is 1. The maximum absolute atomic E-state index is 12.6. The van der Waals surface area contributed by atoms with Gasteiger partial charge < -0.3 is 5.11 Å². The van der Waals surface area contributed by atoms with Crippen molar-refractivity contribution < 1.29 is 9.50 Å². The third-order valence-corrected chi connectivity index (χ3v) is 1.57. The fourth-order valence-corrected chi connectivity index (χ4v) is 0.840. The second-order valence-electron chi connectivity index (χ2n) is 1.87. The van der Waals surface area contributed by atoms with Crippen molar-refractivity contribution in [3.8, 4) is 11.8 Å². The number of hydrogen-bond donors (Lipinski definition) is 1. The molecule has 0 unspecified atom stereocenters. The van der Waals surface area contributed by atoms with E-state index in [0.717, 1.165) is 12.1 Å². The van der Waals surface area contributed by atoms with Crippen LogP contribution in [0.3, 0.4) is 0 Å². The maximum atomic E-state index is 12.6. The van der Waals surface area contributed by atoms with Crippen LogP contribution in [0.2, 0.25) is 5.02 Å². The van der Waals surface area contributed by atoms with Crippen LogP contribution in [0.15, 0.2) is 12.1 Å². The van der Waals surface area contributed by atoms with Crippen molar-refractivity contribution in [2.45, 2.75) is 0 Å². The van der Waals surface area contributed by atoms with Crippen LogP contribution in [0, 0.1) is 17.1 Å². The molecule has 0 bridgehead atoms. The number of hydrogen-bond acceptors (Lipinski definition) is 2. The SMILES string of the molecule is N#Cc1c(F)ccc(O)c1Cl. The smallest absolute Gasteiger partial charge is 0.142 e. The monoisotopic (exact) mass is 171 g/mol. The van der Waals surface area contributed by atoms with Crippen LogP contribution >= 0.6 is 11.6 Å². The van der Waals surface area contributed by atoms with Crippen LogP contribution in [-0.2, 0) is 0 Å². The van der Waals surface area contributed by atoms with Crippen molar-refractivity contribution in [1.82, 2.24) is 0 Å². The van der Waals surface area contributed by atoms with Gasteiger partial charge in [-0.3, -0.25) is 0 Å². The zero-order valence-electron chi connectivity index (χ0n) is 5.31. The van der Waals surface area contributed by atoms with E-state index in [-0.39, 0.29) is 16.3 Å². The molecule has 0 aromatic heterocycles. The number of phenols is 1. The molecule has 1 aromatic carbocycles. The Kier molecular flexibility index (Phi) is 1.97. The molecule has 0 saturated carbocycles. The second kappa shape index (κ2) is 2.77. The summed E-state index contributed by atoms with van der Waals surface area (Å²) in [6.07, 6.45) is 0. The Morgan fingerprint density at radius 3 is 2.64 bits per heavy atom. The number of phenolic OH excluding ortho intramolecular Hbond substituents is 1. The minimum atomic E-state index is -0.727. The first-order valence-electron chi connectivity index (χ1n) is 2.74. The summed E-state index contributed by atoms with van der Waals surface area (Å²) < 4.78 is 12.6. The number of benzene rings is 1. The molecule has 0 saturated heterocycles. The fourth-order valence-electron chi connectivity index (χ4n) is 0.644. The summed E-state index contributed by atoms with van der Waals surface area (Å²) in [5, 5.41) is 17.0. The number of halogens is 2. The molecule has 1 rings (SSSR count). The summed E-state index contributed by atoms with van der Waals surface area (Å²) >= 11 is 5.39. The van der Waals surface area contributed by atoms with E-state index in [0.29, 0.717) is 0 Å². The molecule has 56 valence electrons. The Labute approximate surface area is 67.5 Å². The lowest BCUT2D eigenvalue weighted by molar-refractivity contribution is 0.473. The van der Waals surface area contributed by atoms with Crippen molar-refractivity contribution in [3.63, 3.8) is 0 Å². The van der Waals surface area contributed by atoms with Gasteiger partial charge in [0, 0.05) is 0 Å². The number of nitrogens with zero attached hydrogens (tertiary/aromatic N) is 1. The molecule has 0 aliphatic carbocycles. The third kappa shape index (κ3) is 1.26. The van der Waals surface area contributed by atoms with Gasteiger partial charge in [-0.05, 0) is 12.1 Å². The molecule has 4 heteroatoms. The fraction of sp³-hybridized carbons (Fsp3) is 0. The van der Waals surface area contributed by atoms with E-state index in [1.807, 2.05) is 0 Å². The molecule has 0 fully saturated rings. The molecule has 0 aliphatic heterocycles. The molecule has 11 heavy (non-hydrogen) atoms. The van der Waals surface area contributed by atoms with Crippen LogP contribution in [0.5, 0.6) is 5.75 Å². The molecule has 0 heterocycles. The average Bonchev–Trinajstić information content (AvgIpc) is 1.99. The highest BCUT2D eigenvalue weighted by Gasteiger charge is 2.09. The topological polar surface area (TPSA) is 44.0 Å². The van der Waals surface area contributed by atoms with Gasteiger partial charge in [0.05, 0.1) is 0 Å². The summed E-state index contributed by atoms with van der Waals surface area (Å²) in [5.41, 5.74) is -0.327. The molecule has 2 nitrogen and oxygen atoms in total. The Hall–Kier alpha value is -1.27. The molecule has 0 atom stereocenters. The average molecular weight is 172 g/mol. The molecular formula is C7H3ClFNO. The first-order chi connectivity index (χ1) is 5.16. The van der Waals surface area contributed by atoms with E-state index < -0.39 is 5.82 Å². The predicted molar refractivity (Wildman–Crippen MR) is 37.8 cm³/mol. The highest BCUT2D eigenvalue weighted by molar-refractivity contribution is 6.33. The summed E-state index contributed by atoms with van der Waals surface area (Å²) in [5.74, 6) is -1.01. The van der Waals surface area contributed by atoms with E-state index in [4.69, 9.17) is 22.0 Å². The van der Waals surface area contributed by atoms with Crippen LogP contribution < -0.4 is 0 Å². The van der Waals surface area contributed by atoms with Gasteiger partial charge in [0.1, 0.15) is 28.2 Å². The van der Waals surface area contributed by atoms with Crippen LogP contribution in [0.4, 0.5) is 4.39 Å². The zero-order chi connectivity index (χ0) is 8.43. The predicted octanol–water partition coefficient (Wildman–Crippen LogP) is 2.06. The van der Waals surface area contributed by atoms with E-state index in [2.05, 4.69) is 0 Å². The van der Waals surface area contributed by atoms with Gasteiger partial charge in [-0.2, -0.15) is 5.26 Å². The zero-order valence-corrected chi connectivity index (χ0v) is 6.06. The highest BCUT2D eigenvalue weighted by Crippen LogP contribution is 2.27. The van der Waals surface area contributed by atoms with Gasteiger partial charge in [-0.1, -0.05) is 11.6 Å². The Bertz CT molecular complexity index is 332. The molecular weight excluding hydrogens is 169 g/mol. The standard InChI is InChI=1S/C7H3ClFNO/c8-7-4(3-10)5(9)1-2-6(7)11/h1-2,11H. The normalized spacial score (nSPS) is 9.18. The van der Waals surface area contributed by atoms with Crippen LogP contribution in [-0.4, -0.2) is 5.11 Å². The van der Waals surface area contributed by atoms with Crippen molar-refractivity contribution >= 4 is 11.6 Å². The molecule has 1 aromatic rings. The maximum Gasteiger partial charge on any atom is 0.142 e. The summed E-state index contributed by atoms with van der Waals surface area (Å²) in [4.78, 5) is 0. The van der Waals surface area contributed by atoms with Gasteiger partial charge in [-0.25, -0.2) is 4.39 Å². The summed E-state index contributed by atoms with van der Waals surface area (Å²) in [6.45, 7) is 0. The second-order valence-corrected chi connectivity index (χ2v) is 2.25. The first-order valence-corrected chi connectivity index (χ1v) is 3.11. The van der Waals surface area contributed by atoms with Crippen LogP contribution in [0.1, 0.15) is 5.56 Å². The van der Waals surface area contributed by atoms with Gasteiger partial charge >= 0.3 is 0 Å². The number of rotatable bonds is 0. The molecule has 0 radical (unpaired) electrons. The van der Waals surface area contributed by atoms with Crippen molar-refractivity contribution in [3.05, 3.63) is 28.5 Å². The largest absolute Gasteiger partial charge is 0.506 e. The first kappa shape index (κ1) is 7.83. The lowest BCUT2D eigenvalue weighted by atomic mass is 10.2. The quantitative estimate of drug-likeness (QED) is 0.649. The highest BCUT2D eigenvalue weighted by atomic mass is 35.5. The van der Waals surface area contributed by atoms with Crippen LogP contribution in [0.25, 0.3) is 0 Å². The lowest BCUT2D eigenvalue weighted by Crippen LogP contribution is -1.84. The Morgan fingerprint density at radius 1 is 1.55 bits per heavy atom. The van der Waals surface area contributed by atoms with E-state index in [9.17, 15) is 4.39 Å². The summed E-state index contributed by atoms with van der Waals surface area (Å²) in [7, 11) is 0. The molecule has 0 amide bonds. The van der Waals surface area contributed by atoms with E-state index >= 15 is 0 Å². The number of nitriles is 1. The Morgan fingerprint density at radius 2 is 2.18 bits per heavy atom. The van der Waals surface area contributed by atoms with Crippen molar-refractivity contribution in [1.29, 1.82) is 5.26 Å². The molecule has 0 spiro atoms. The van der Waals surface area contributed by atoms with Gasteiger partial charge in [0.25, 0.3) is 0 Å². The third-order valence-electron chi connectivity index (χ3n) is 1.18. The van der Waals surface area contributed by atoms with E-state index in [1.54, 1.807) is 0 Å². The lowest BCUT2D eigenvalue weighted by Gasteiger charge is -1.97. The summed E-state index contributed by atoms with van der Waals surface area (Å²) in [6, 6.07) is 3.62. The minimum Gasteiger partial charge on any atom is -0.506 e. The molecule has 0 aliphatic rings. The minimum absolute atomic E-state index is 0.243. The van der Waals surface area contributed by atoms with Crippen molar-refractivity contribution in [2.24, 2.45) is 0 Å².